The van der Waals surface area contributed by atoms with Crippen LogP contribution in [0.3, 0.4) is 0 Å². The van der Waals surface area contributed by atoms with Gasteiger partial charge in [0, 0.05) is 35.4 Å². The van der Waals surface area contributed by atoms with Crippen molar-refractivity contribution in [3.63, 3.8) is 0 Å². The van der Waals surface area contributed by atoms with E-state index in [9.17, 15) is 4.79 Å². The maximum absolute atomic E-state index is 11.6. The molecule has 0 radical (unpaired) electrons. The molecular weight excluding hydrogens is 284 g/mol. The molecule has 0 spiro atoms. The number of fused-ring (bicyclic) bond motifs is 1. The van der Waals surface area contributed by atoms with Gasteiger partial charge in [-0.25, -0.2) is 4.98 Å². The van der Waals surface area contributed by atoms with E-state index in [0.29, 0.717) is 19.4 Å². The number of carbonyl (C=O) groups excluding carboxylic acids is 1. The van der Waals surface area contributed by atoms with E-state index in [0.717, 1.165) is 21.9 Å². The number of rotatable bonds is 5. The van der Waals surface area contributed by atoms with Gasteiger partial charge in [-0.1, -0.05) is 12.1 Å². The van der Waals surface area contributed by atoms with Crippen molar-refractivity contribution in [1.82, 2.24) is 9.38 Å². The Morgan fingerprint density at radius 2 is 2.14 bits per heavy atom. The maximum Gasteiger partial charge on any atom is 0.224 e. The monoisotopic (exact) mass is 300 g/mol. The van der Waals surface area contributed by atoms with Crippen LogP contribution in [0.4, 0.5) is 5.69 Å². The third kappa shape index (κ3) is 3.12. The van der Waals surface area contributed by atoms with E-state index in [2.05, 4.69) is 10.3 Å². The van der Waals surface area contributed by atoms with Crippen LogP contribution in [0, 0.1) is 0 Å². The lowest BCUT2D eigenvalue weighted by molar-refractivity contribution is -0.116. The predicted octanol–water partition coefficient (Wildman–Crippen LogP) is 2.74. The van der Waals surface area contributed by atoms with Gasteiger partial charge in [-0.2, -0.15) is 0 Å². The van der Waals surface area contributed by atoms with Crippen LogP contribution in [0.1, 0.15) is 12.8 Å². The van der Waals surface area contributed by atoms with Crippen LogP contribution in [-0.4, -0.2) is 21.8 Å². The minimum Gasteiger partial charge on any atom is -0.330 e. The number of carbonyl (C=O) groups is 1. The Morgan fingerprint density at radius 1 is 1.33 bits per heavy atom. The molecule has 0 atom stereocenters. The molecule has 0 bridgehead atoms. The first-order chi connectivity index (χ1) is 10.3. The summed E-state index contributed by atoms with van der Waals surface area (Å²) < 4.78 is 2.00. The van der Waals surface area contributed by atoms with Gasteiger partial charge in [-0.15, -0.1) is 11.3 Å². The second-order valence-electron chi connectivity index (χ2n) is 4.74. The number of nitrogens with zero attached hydrogens (tertiary/aromatic N) is 2. The summed E-state index contributed by atoms with van der Waals surface area (Å²) in [7, 11) is 0. The predicted molar refractivity (Wildman–Crippen MR) is 85.4 cm³/mol. The lowest BCUT2D eigenvalue weighted by Gasteiger charge is -2.05. The normalized spacial score (nSPS) is 10.9. The number of nitrogens with two attached hydrogens (primary N) is 1. The summed E-state index contributed by atoms with van der Waals surface area (Å²) in [6, 6.07) is 7.71. The Bertz CT molecular complexity index is 716. The van der Waals surface area contributed by atoms with Gasteiger partial charge in [0.25, 0.3) is 0 Å². The molecule has 1 amide bonds. The van der Waals surface area contributed by atoms with E-state index in [1.807, 2.05) is 46.4 Å². The molecule has 108 valence electrons. The summed E-state index contributed by atoms with van der Waals surface area (Å²) in [5.41, 5.74) is 8.15. The Balaban J connectivity index is 1.71. The molecule has 1 aromatic carbocycles. The van der Waals surface area contributed by atoms with Crippen LogP contribution < -0.4 is 11.1 Å². The van der Waals surface area contributed by atoms with Crippen molar-refractivity contribution in [2.45, 2.75) is 12.8 Å². The second-order valence-corrected chi connectivity index (χ2v) is 5.61. The zero-order valence-electron chi connectivity index (χ0n) is 11.5. The molecular formula is C15H16N4OS. The Hall–Kier alpha value is -2.18. The number of anilines is 1. The van der Waals surface area contributed by atoms with Crippen LogP contribution in [0.5, 0.6) is 0 Å². The fraction of sp³-hybridized carbons (Fsp3) is 0.200. The van der Waals surface area contributed by atoms with Crippen LogP contribution in [0.25, 0.3) is 16.2 Å². The average Bonchev–Trinajstić information content (AvgIpc) is 3.07. The number of amides is 1. The van der Waals surface area contributed by atoms with E-state index in [1.54, 1.807) is 11.3 Å². The number of imidazole rings is 1. The van der Waals surface area contributed by atoms with Gasteiger partial charge in [-0.3, -0.25) is 9.20 Å². The largest absolute Gasteiger partial charge is 0.330 e. The molecule has 3 aromatic rings. The fourth-order valence-corrected chi connectivity index (χ4v) is 2.78. The third-order valence-electron chi connectivity index (χ3n) is 3.17. The molecule has 0 saturated carbocycles. The first kappa shape index (κ1) is 13.8. The average molecular weight is 300 g/mol. The summed E-state index contributed by atoms with van der Waals surface area (Å²) in [6.45, 7) is 0.532. The molecule has 0 aliphatic heterocycles. The highest BCUT2D eigenvalue weighted by molar-refractivity contribution is 7.15. The van der Waals surface area contributed by atoms with Gasteiger partial charge >= 0.3 is 0 Å². The number of hydrogen-bond donors (Lipinski definition) is 2. The van der Waals surface area contributed by atoms with Gasteiger partial charge in [-0.05, 0) is 25.1 Å². The Morgan fingerprint density at radius 3 is 2.86 bits per heavy atom. The number of aromatic nitrogens is 2. The summed E-state index contributed by atoms with van der Waals surface area (Å²) in [5.74, 6) is -0.00398. The first-order valence-corrected chi connectivity index (χ1v) is 7.67. The zero-order chi connectivity index (χ0) is 14.7. The van der Waals surface area contributed by atoms with Crippen molar-refractivity contribution in [2.24, 2.45) is 5.73 Å². The van der Waals surface area contributed by atoms with E-state index < -0.39 is 0 Å². The number of nitrogens with one attached hydrogen (secondary N) is 1. The lowest BCUT2D eigenvalue weighted by Crippen LogP contribution is -2.13. The minimum absolute atomic E-state index is 0.00398. The molecule has 0 aliphatic rings. The number of hydrogen-bond acceptors (Lipinski definition) is 4. The summed E-state index contributed by atoms with van der Waals surface area (Å²) in [5, 5.41) is 4.86. The van der Waals surface area contributed by atoms with Crippen LogP contribution in [0.2, 0.25) is 0 Å². The molecule has 5 nitrogen and oxygen atoms in total. The van der Waals surface area contributed by atoms with Crippen LogP contribution in [-0.2, 0) is 4.79 Å². The van der Waals surface area contributed by atoms with E-state index in [-0.39, 0.29) is 5.91 Å². The molecule has 2 heterocycles. The van der Waals surface area contributed by atoms with Crippen molar-refractivity contribution >= 4 is 27.9 Å². The molecule has 0 aliphatic carbocycles. The van der Waals surface area contributed by atoms with Crippen molar-refractivity contribution in [1.29, 1.82) is 0 Å². The third-order valence-corrected chi connectivity index (χ3v) is 3.94. The van der Waals surface area contributed by atoms with Gasteiger partial charge in [0.05, 0.1) is 5.69 Å². The Kier molecular flexibility index (Phi) is 3.98. The minimum atomic E-state index is -0.00398. The van der Waals surface area contributed by atoms with E-state index in [4.69, 9.17) is 5.73 Å². The van der Waals surface area contributed by atoms with E-state index in [1.165, 1.54) is 0 Å². The first-order valence-electron chi connectivity index (χ1n) is 6.79. The maximum atomic E-state index is 11.6. The van der Waals surface area contributed by atoms with Gasteiger partial charge in [0.1, 0.15) is 0 Å². The zero-order valence-corrected chi connectivity index (χ0v) is 12.3. The number of benzene rings is 1. The highest BCUT2D eigenvalue weighted by atomic mass is 32.1. The van der Waals surface area contributed by atoms with Gasteiger partial charge in [0.15, 0.2) is 4.96 Å². The highest BCUT2D eigenvalue weighted by Gasteiger charge is 2.06. The molecule has 0 unspecified atom stereocenters. The summed E-state index contributed by atoms with van der Waals surface area (Å²) in [4.78, 5) is 17.2. The summed E-state index contributed by atoms with van der Waals surface area (Å²) >= 11 is 1.61. The topological polar surface area (TPSA) is 72.4 Å². The molecule has 6 heteroatoms. The van der Waals surface area contributed by atoms with Crippen molar-refractivity contribution < 1.29 is 4.79 Å². The van der Waals surface area contributed by atoms with Crippen LogP contribution in [0.15, 0.2) is 42.0 Å². The molecule has 3 N–H and O–H groups in total. The second kappa shape index (κ2) is 6.07. The van der Waals surface area contributed by atoms with Crippen molar-refractivity contribution in [2.75, 3.05) is 11.9 Å². The quantitative estimate of drug-likeness (QED) is 0.761. The molecule has 21 heavy (non-hydrogen) atoms. The molecule has 0 fully saturated rings. The van der Waals surface area contributed by atoms with E-state index >= 15 is 0 Å². The van der Waals surface area contributed by atoms with Gasteiger partial charge < -0.3 is 11.1 Å². The Labute approximate surface area is 126 Å². The fourth-order valence-electron chi connectivity index (χ4n) is 2.08. The highest BCUT2D eigenvalue weighted by Crippen LogP contribution is 2.23. The lowest BCUT2D eigenvalue weighted by atomic mass is 10.1. The SMILES string of the molecule is NCCCC(=O)Nc1ccc(-c2cn3ccsc3n2)cc1. The standard InChI is InChI=1S/C15H16N4OS/c16-7-1-2-14(20)17-12-5-3-11(4-6-12)13-10-19-8-9-21-15(19)18-13/h3-6,8-10H,1-2,7,16H2,(H,17,20). The summed E-state index contributed by atoms with van der Waals surface area (Å²) in [6.07, 6.45) is 5.15. The molecule has 0 saturated heterocycles. The van der Waals surface area contributed by atoms with Gasteiger partial charge in [0.2, 0.25) is 5.91 Å². The van der Waals surface area contributed by atoms with Crippen LogP contribution >= 0.6 is 11.3 Å². The molecule has 3 rings (SSSR count). The van der Waals surface area contributed by atoms with Crippen molar-refractivity contribution in [3.8, 4) is 11.3 Å². The van der Waals surface area contributed by atoms with Crippen molar-refractivity contribution in [3.05, 3.63) is 42.0 Å². The molecule has 2 aromatic heterocycles. The number of thiazole rings is 1. The smallest absolute Gasteiger partial charge is 0.224 e.